The summed E-state index contributed by atoms with van der Waals surface area (Å²) >= 11 is 0. The molecule has 0 saturated carbocycles. The van der Waals surface area contributed by atoms with Crippen LogP contribution >= 0.6 is 0 Å². The van der Waals surface area contributed by atoms with E-state index in [1.165, 1.54) is 17.0 Å². The smallest absolute Gasteiger partial charge is 0.282 e. The molecule has 0 spiro atoms. The summed E-state index contributed by atoms with van der Waals surface area (Å²) in [6, 6.07) is 19.3. The van der Waals surface area contributed by atoms with E-state index in [1.54, 1.807) is 18.2 Å². The number of hydrogen-bond acceptors (Lipinski definition) is 5. The molecular weight excluding hydrogens is 430 g/mol. The number of nitro groups is 1. The van der Waals surface area contributed by atoms with Crippen molar-refractivity contribution < 1.29 is 14.5 Å². The van der Waals surface area contributed by atoms with Crippen LogP contribution in [0.25, 0.3) is 5.57 Å². The van der Waals surface area contributed by atoms with Gasteiger partial charge in [-0.2, -0.15) is 0 Å². The molecule has 0 bridgehead atoms. The van der Waals surface area contributed by atoms with Gasteiger partial charge < -0.3 is 4.90 Å². The molecule has 0 fully saturated rings. The van der Waals surface area contributed by atoms with Gasteiger partial charge in [0.05, 0.1) is 16.2 Å². The average Bonchev–Trinajstić information content (AvgIpc) is 3.08. The predicted molar refractivity (Wildman–Crippen MR) is 131 cm³/mol. The van der Waals surface area contributed by atoms with E-state index in [4.69, 9.17) is 0 Å². The molecule has 5 rings (SSSR count). The summed E-state index contributed by atoms with van der Waals surface area (Å²) in [5.74, 6) is -0.814. The van der Waals surface area contributed by atoms with Crippen LogP contribution in [0, 0.1) is 24.0 Å². The molecule has 0 unspecified atom stereocenters. The zero-order chi connectivity index (χ0) is 24.0. The quantitative estimate of drug-likeness (QED) is 0.317. The summed E-state index contributed by atoms with van der Waals surface area (Å²) < 4.78 is 0. The maximum absolute atomic E-state index is 13.9. The van der Waals surface area contributed by atoms with Crippen LogP contribution in [0.4, 0.5) is 17.1 Å². The first kappa shape index (κ1) is 21.6. The number of imide groups is 1. The van der Waals surface area contributed by atoms with Crippen LogP contribution in [0.3, 0.4) is 0 Å². The zero-order valence-corrected chi connectivity index (χ0v) is 18.9. The summed E-state index contributed by atoms with van der Waals surface area (Å²) in [5, 5.41) is 11.2. The Hall–Kier alpha value is -4.26. The van der Waals surface area contributed by atoms with Crippen molar-refractivity contribution in [3.8, 4) is 0 Å². The lowest BCUT2D eigenvalue weighted by Crippen LogP contribution is -2.37. The largest absolute Gasteiger partial charge is 0.336 e. The number of amides is 2. The predicted octanol–water partition coefficient (Wildman–Crippen LogP) is 4.95. The minimum atomic E-state index is -0.483. The van der Waals surface area contributed by atoms with Crippen molar-refractivity contribution in [3.63, 3.8) is 0 Å². The van der Waals surface area contributed by atoms with Crippen molar-refractivity contribution >= 4 is 34.4 Å². The first-order valence-electron chi connectivity index (χ1n) is 11.2. The van der Waals surface area contributed by atoms with Gasteiger partial charge in [-0.3, -0.25) is 19.7 Å². The number of nitro benzene ring substituents is 1. The number of rotatable bonds is 4. The van der Waals surface area contributed by atoms with Crippen LogP contribution in [0.5, 0.6) is 0 Å². The number of benzene rings is 3. The number of aryl methyl sites for hydroxylation is 3. The minimum Gasteiger partial charge on any atom is -0.336 e. The molecule has 7 nitrogen and oxygen atoms in total. The van der Waals surface area contributed by atoms with Crippen LogP contribution in [-0.4, -0.2) is 23.3 Å². The third-order valence-electron chi connectivity index (χ3n) is 6.40. The van der Waals surface area contributed by atoms with E-state index in [2.05, 4.69) is 0 Å². The second-order valence-corrected chi connectivity index (χ2v) is 8.65. The number of non-ortho nitro benzene ring substituents is 1. The highest BCUT2D eigenvalue weighted by molar-refractivity contribution is 6.46. The Morgan fingerprint density at radius 2 is 1.62 bits per heavy atom. The average molecular weight is 453 g/mol. The van der Waals surface area contributed by atoms with E-state index in [-0.39, 0.29) is 17.2 Å². The van der Waals surface area contributed by atoms with Crippen molar-refractivity contribution in [1.29, 1.82) is 0 Å². The van der Waals surface area contributed by atoms with Crippen molar-refractivity contribution in [2.45, 2.75) is 26.7 Å². The summed E-state index contributed by atoms with van der Waals surface area (Å²) in [4.78, 5) is 41.6. The van der Waals surface area contributed by atoms with Gasteiger partial charge in [0.2, 0.25) is 0 Å². The maximum Gasteiger partial charge on any atom is 0.282 e. The van der Waals surface area contributed by atoms with Crippen molar-refractivity contribution in [2.24, 2.45) is 0 Å². The third kappa shape index (κ3) is 3.46. The van der Waals surface area contributed by atoms with Crippen LogP contribution in [-0.2, 0) is 16.0 Å². The van der Waals surface area contributed by atoms with Gasteiger partial charge in [-0.15, -0.1) is 0 Å². The highest BCUT2D eigenvalue weighted by atomic mass is 16.6. The molecule has 0 aromatic heterocycles. The van der Waals surface area contributed by atoms with Crippen molar-refractivity contribution in [1.82, 2.24) is 0 Å². The summed E-state index contributed by atoms with van der Waals surface area (Å²) in [6.07, 6.45) is 1.74. The molecule has 170 valence electrons. The number of carbonyl (C=O) groups excluding carboxylic acids is 2. The van der Waals surface area contributed by atoms with Crippen molar-refractivity contribution in [2.75, 3.05) is 16.3 Å². The molecule has 3 aromatic carbocycles. The van der Waals surface area contributed by atoms with Crippen LogP contribution in [0.1, 0.15) is 28.7 Å². The fourth-order valence-electron chi connectivity index (χ4n) is 4.82. The molecule has 0 atom stereocenters. The third-order valence-corrected chi connectivity index (χ3v) is 6.40. The topological polar surface area (TPSA) is 83.8 Å². The molecule has 7 heteroatoms. The molecule has 2 heterocycles. The fourth-order valence-corrected chi connectivity index (χ4v) is 4.82. The van der Waals surface area contributed by atoms with E-state index in [1.807, 2.05) is 55.1 Å². The number of nitrogens with zero attached hydrogens (tertiary/aromatic N) is 3. The van der Waals surface area contributed by atoms with E-state index >= 15 is 0 Å². The number of carbonyl (C=O) groups is 2. The van der Waals surface area contributed by atoms with Gasteiger partial charge in [-0.1, -0.05) is 35.9 Å². The normalized spacial score (nSPS) is 15.7. The summed E-state index contributed by atoms with van der Waals surface area (Å²) in [5.41, 5.74) is 5.41. The second-order valence-electron chi connectivity index (χ2n) is 8.65. The lowest BCUT2D eigenvalue weighted by Gasteiger charge is -2.32. The molecule has 0 aliphatic carbocycles. The Labute approximate surface area is 197 Å². The molecule has 0 saturated heterocycles. The van der Waals surface area contributed by atoms with Gasteiger partial charge in [0.15, 0.2) is 0 Å². The number of anilines is 2. The SMILES string of the molecule is Cc1ccc(N2C(=O)C(c3ccc([N+](=O)[O-])cc3)=C(N3CCCc4ccccc43)C2=O)c(C)c1. The standard InChI is InChI=1S/C27H23N3O4/c1-17-9-14-22(18(2)16-17)29-26(31)24(20-10-12-21(13-11-20)30(33)34)25(27(29)32)28-15-5-7-19-6-3-4-8-23(19)28/h3-4,6,8-14,16H,5,7,15H2,1-2H3. The minimum absolute atomic E-state index is 0.0720. The first-order valence-corrected chi connectivity index (χ1v) is 11.2. The van der Waals surface area contributed by atoms with E-state index in [0.29, 0.717) is 23.5 Å². The van der Waals surface area contributed by atoms with Crippen LogP contribution in [0.15, 0.2) is 72.4 Å². The molecular formula is C27H23N3O4. The highest BCUT2D eigenvalue weighted by Gasteiger charge is 2.44. The Kier molecular flexibility index (Phi) is 5.24. The Balaban J connectivity index is 1.70. The molecule has 0 N–H and O–H groups in total. The van der Waals surface area contributed by atoms with Crippen LogP contribution in [0.2, 0.25) is 0 Å². The lowest BCUT2D eigenvalue weighted by atomic mass is 9.98. The number of fused-ring (bicyclic) bond motifs is 1. The Morgan fingerprint density at radius 1 is 0.882 bits per heavy atom. The molecule has 2 aliphatic heterocycles. The summed E-state index contributed by atoms with van der Waals surface area (Å²) in [7, 11) is 0. The number of para-hydroxylation sites is 1. The molecule has 0 radical (unpaired) electrons. The van der Waals surface area contributed by atoms with Gasteiger partial charge in [0.25, 0.3) is 17.5 Å². The van der Waals surface area contributed by atoms with E-state index in [0.717, 1.165) is 35.2 Å². The lowest BCUT2D eigenvalue weighted by molar-refractivity contribution is -0.384. The number of hydrogen-bond donors (Lipinski definition) is 0. The van der Waals surface area contributed by atoms with Gasteiger partial charge in [-0.05, 0) is 67.6 Å². The maximum atomic E-state index is 13.9. The van der Waals surface area contributed by atoms with E-state index < -0.39 is 10.8 Å². The monoisotopic (exact) mass is 453 g/mol. The van der Waals surface area contributed by atoms with Gasteiger partial charge >= 0.3 is 0 Å². The molecule has 2 aliphatic rings. The Morgan fingerprint density at radius 3 is 2.32 bits per heavy atom. The van der Waals surface area contributed by atoms with E-state index in [9.17, 15) is 19.7 Å². The molecule has 2 amide bonds. The van der Waals surface area contributed by atoms with Crippen LogP contribution < -0.4 is 9.80 Å². The summed E-state index contributed by atoms with van der Waals surface area (Å²) in [6.45, 7) is 4.44. The zero-order valence-electron chi connectivity index (χ0n) is 18.9. The highest BCUT2D eigenvalue weighted by Crippen LogP contribution is 2.40. The van der Waals surface area contributed by atoms with Gasteiger partial charge in [0.1, 0.15) is 5.70 Å². The Bertz CT molecular complexity index is 1370. The van der Waals surface area contributed by atoms with Gasteiger partial charge in [0, 0.05) is 24.4 Å². The fraction of sp³-hybridized carbons (Fsp3) is 0.185. The second kappa shape index (κ2) is 8.26. The van der Waals surface area contributed by atoms with Crippen molar-refractivity contribution in [3.05, 3.63) is 105 Å². The first-order chi connectivity index (χ1) is 16.4. The van der Waals surface area contributed by atoms with Gasteiger partial charge in [-0.25, -0.2) is 4.90 Å². The molecule has 3 aromatic rings. The molecule has 34 heavy (non-hydrogen) atoms.